The largest absolute Gasteiger partial charge is 0.369 e. The molecule has 5 heteroatoms. The lowest BCUT2D eigenvalue weighted by atomic mass is 10.4. The average Bonchev–Trinajstić information content (AvgIpc) is 2.79. The molecule has 2 aromatic heterocycles. The van der Waals surface area contributed by atoms with E-state index in [1.54, 1.807) is 12.4 Å². The predicted octanol–water partition coefficient (Wildman–Crippen LogP) is 1.04. The molecule has 2 heterocycles. The van der Waals surface area contributed by atoms with Crippen molar-refractivity contribution in [1.29, 1.82) is 0 Å². The van der Waals surface area contributed by atoms with Gasteiger partial charge in [-0.05, 0) is 19.9 Å². The second-order valence-corrected chi connectivity index (χ2v) is 3.48. The highest BCUT2D eigenvalue weighted by atomic mass is 15.3. The topological polar surface area (TPSA) is 61.7 Å². The number of aryl methyl sites for hydroxylation is 2. The van der Waals surface area contributed by atoms with Crippen LogP contribution in [-0.4, -0.2) is 19.3 Å². The second-order valence-electron chi connectivity index (χ2n) is 3.48. The van der Waals surface area contributed by atoms with Gasteiger partial charge in [-0.25, -0.2) is 4.98 Å². The molecule has 0 aliphatic heterocycles. The number of rotatable bonds is 3. The van der Waals surface area contributed by atoms with Crippen LogP contribution < -0.4 is 5.73 Å². The van der Waals surface area contributed by atoms with Crippen LogP contribution >= 0.6 is 0 Å². The van der Waals surface area contributed by atoms with Crippen molar-refractivity contribution in [3.63, 3.8) is 0 Å². The summed E-state index contributed by atoms with van der Waals surface area (Å²) in [5.74, 6) is 0.552. The molecule has 0 radical (unpaired) electrons. The van der Waals surface area contributed by atoms with Crippen LogP contribution in [0.4, 0.5) is 5.95 Å². The summed E-state index contributed by atoms with van der Waals surface area (Å²) in [6.45, 7) is 5.66. The maximum atomic E-state index is 5.77. The van der Waals surface area contributed by atoms with Crippen molar-refractivity contribution in [1.82, 2.24) is 19.3 Å². The quantitative estimate of drug-likeness (QED) is 0.814. The minimum Gasteiger partial charge on any atom is -0.369 e. The molecule has 0 saturated heterocycles. The number of aromatic nitrogens is 4. The molecule has 0 bridgehead atoms. The van der Waals surface area contributed by atoms with Crippen LogP contribution in [0.1, 0.15) is 18.3 Å². The standard InChI is InChI=1S/C10H15N5/c1-3-15-9(4-5-13-15)7-14-8(2)6-12-10(14)11/h4-6H,3,7H2,1-2H3,(H2,11,12). The third kappa shape index (κ3) is 1.72. The lowest BCUT2D eigenvalue weighted by Gasteiger charge is -2.08. The normalized spacial score (nSPS) is 10.8. The molecule has 0 fully saturated rings. The number of nitrogens with two attached hydrogens (primary N) is 1. The second kappa shape index (κ2) is 3.76. The van der Waals surface area contributed by atoms with Gasteiger partial charge in [-0.15, -0.1) is 0 Å². The first-order valence-corrected chi connectivity index (χ1v) is 5.00. The number of anilines is 1. The number of imidazole rings is 1. The van der Waals surface area contributed by atoms with Crippen LogP contribution in [0.25, 0.3) is 0 Å². The fourth-order valence-corrected chi connectivity index (χ4v) is 1.63. The molecule has 80 valence electrons. The summed E-state index contributed by atoms with van der Waals surface area (Å²) in [4.78, 5) is 4.06. The third-order valence-electron chi connectivity index (χ3n) is 2.51. The van der Waals surface area contributed by atoms with Crippen molar-refractivity contribution >= 4 is 5.95 Å². The molecule has 15 heavy (non-hydrogen) atoms. The smallest absolute Gasteiger partial charge is 0.200 e. The predicted molar refractivity (Wildman–Crippen MR) is 58.4 cm³/mol. The highest BCUT2D eigenvalue weighted by Crippen LogP contribution is 2.10. The molecule has 0 aliphatic rings. The minimum atomic E-state index is 0.552. The fraction of sp³-hybridized carbons (Fsp3) is 0.400. The molecule has 0 saturated carbocycles. The molecule has 0 aliphatic carbocycles. The molecule has 0 atom stereocenters. The zero-order valence-electron chi connectivity index (χ0n) is 9.01. The van der Waals surface area contributed by atoms with Crippen LogP contribution in [0, 0.1) is 6.92 Å². The summed E-state index contributed by atoms with van der Waals surface area (Å²) < 4.78 is 3.93. The van der Waals surface area contributed by atoms with E-state index in [2.05, 4.69) is 17.0 Å². The van der Waals surface area contributed by atoms with Gasteiger partial charge in [0.2, 0.25) is 5.95 Å². The lowest BCUT2D eigenvalue weighted by Crippen LogP contribution is -2.11. The Morgan fingerprint density at radius 1 is 1.47 bits per heavy atom. The van der Waals surface area contributed by atoms with Crippen molar-refractivity contribution < 1.29 is 0 Å². The van der Waals surface area contributed by atoms with Gasteiger partial charge < -0.3 is 10.3 Å². The summed E-state index contributed by atoms with van der Waals surface area (Å²) >= 11 is 0. The molecule has 0 spiro atoms. The molecule has 2 N–H and O–H groups in total. The Morgan fingerprint density at radius 3 is 2.87 bits per heavy atom. The van der Waals surface area contributed by atoms with Gasteiger partial charge in [0.15, 0.2) is 0 Å². The number of hydrogen-bond donors (Lipinski definition) is 1. The van der Waals surface area contributed by atoms with Gasteiger partial charge in [0.25, 0.3) is 0 Å². The summed E-state index contributed by atoms with van der Waals surface area (Å²) in [6, 6.07) is 2.00. The molecule has 0 aromatic carbocycles. The Morgan fingerprint density at radius 2 is 2.27 bits per heavy atom. The van der Waals surface area contributed by atoms with E-state index in [1.807, 2.05) is 22.2 Å². The highest BCUT2D eigenvalue weighted by Gasteiger charge is 2.06. The SMILES string of the molecule is CCn1nccc1Cn1c(C)cnc1N. The minimum absolute atomic E-state index is 0.552. The zero-order valence-corrected chi connectivity index (χ0v) is 9.01. The first-order valence-electron chi connectivity index (χ1n) is 5.00. The lowest BCUT2D eigenvalue weighted by molar-refractivity contribution is 0.599. The van der Waals surface area contributed by atoms with Gasteiger partial charge in [-0.2, -0.15) is 5.10 Å². The van der Waals surface area contributed by atoms with Crippen LogP contribution in [0.3, 0.4) is 0 Å². The van der Waals surface area contributed by atoms with E-state index in [9.17, 15) is 0 Å². The first-order chi connectivity index (χ1) is 7.22. The summed E-state index contributed by atoms with van der Waals surface area (Å²) in [6.07, 6.45) is 3.59. The van der Waals surface area contributed by atoms with E-state index in [4.69, 9.17) is 5.73 Å². The number of hydrogen-bond acceptors (Lipinski definition) is 3. The van der Waals surface area contributed by atoms with Crippen LogP contribution in [0.5, 0.6) is 0 Å². The Balaban J connectivity index is 2.29. The van der Waals surface area contributed by atoms with Gasteiger partial charge in [-0.3, -0.25) is 4.68 Å². The molecular weight excluding hydrogens is 190 g/mol. The average molecular weight is 205 g/mol. The number of nitrogens with zero attached hydrogens (tertiary/aromatic N) is 4. The Labute approximate surface area is 88.5 Å². The van der Waals surface area contributed by atoms with Gasteiger partial charge in [0, 0.05) is 18.4 Å². The van der Waals surface area contributed by atoms with E-state index in [0.717, 1.165) is 24.5 Å². The maximum Gasteiger partial charge on any atom is 0.200 e. The van der Waals surface area contributed by atoms with Crippen LogP contribution in [0.15, 0.2) is 18.5 Å². The van der Waals surface area contributed by atoms with Crippen molar-refractivity contribution in [2.75, 3.05) is 5.73 Å². The van der Waals surface area contributed by atoms with Gasteiger partial charge in [0.05, 0.1) is 18.4 Å². The van der Waals surface area contributed by atoms with Gasteiger partial charge in [0.1, 0.15) is 0 Å². The first kappa shape index (κ1) is 9.76. The van der Waals surface area contributed by atoms with E-state index >= 15 is 0 Å². The third-order valence-corrected chi connectivity index (χ3v) is 2.51. The van der Waals surface area contributed by atoms with Crippen molar-refractivity contribution in [2.45, 2.75) is 26.9 Å². The summed E-state index contributed by atoms with van der Waals surface area (Å²) in [5, 5.41) is 4.22. The van der Waals surface area contributed by atoms with E-state index < -0.39 is 0 Å². The van der Waals surface area contributed by atoms with Crippen LogP contribution in [0.2, 0.25) is 0 Å². The van der Waals surface area contributed by atoms with E-state index in [0.29, 0.717) is 5.95 Å². The maximum absolute atomic E-state index is 5.77. The fourth-order valence-electron chi connectivity index (χ4n) is 1.63. The molecular formula is C10H15N5. The van der Waals surface area contributed by atoms with Gasteiger partial charge >= 0.3 is 0 Å². The summed E-state index contributed by atoms with van der Waals surface area (Å²) in [7, 11) is 0. The van der Waals surface area contributed by atoms with E-state index in [-0.39, 0.29) is 0 Å². The van der Waals surface area contributed by atoms with E-state index in [1.165, 1.54) is 0 Å². The molecule has 5 nitrogen and oxygen atoms in total. The Bertz CT molecular complexity index is 435. The zero-order chi connectivity index (χ0) is 10.8. The van der Waals surface area contributed by atoms with Crippen molar-refractivity contribution in [3.8, 4) is 0 Å². The monoisotopic (exact) mass is 205 g/mol. The molecule has 2 aromatic rings. The number of nitrogen functional groups attached to an aromatic ring is 1. The summed E-state index contributed by atoms with van der Waals surface area (Å²) in [5.41, 5.74) is 7.98. The molecule has 0 amide bonds. The Kier molecular flexibility index (Phi) is 2.45. The van der Waals surface area contributed by atoms with Crippen molar-refractivity contribution in [2.24, 2.45) is 0 Å². The molecule has 2 rings (SSSR count). The van der Waals surface area contributed by atoms with Gasteiger partial charge in [-0.1, -0.05) is 0 Å². The highest BCUT2D eigenvalue weighted by molar-refractivity contribution is 5.23. The van der Waals surface area contributed by atoms with Crippen LogP contribution in [-0.2, 0) is 13.1 Å². The Hall–Kier alpha value is -1.78. The molecule has 0 unspecified atom stereocenters. The van der Waals surface area contributed by atoms with Crippen molar-refractivity contribution in [3.05, 3.63) is 29.8 Å².